The molecule has 0 aliphatic carbocycles. The predicted molar refractivity (Wildman–Crippen MR) is 72.9 cm³/mol. The highest BCUT2D eigenvalue weighted by Crippen LogP contribution is 2.37. The molecule has 0 spiro atoms. The van der Waals surface area contributed by atoms with Gasteiger partial charge in [-0.05, 0) is 30.2 Å². The second-order valence-corrected chi connectivity index (χ2v) is 4.36. The lowest BCUT2D eigenvalue weighted by atomic mass is 9.99. The van der Waals surface area contributed by atoms with Crippen molar-refractivity contribution in [3.05, 3.63) is 42.0 Å². The van der Waals surface area contributed by atoms with Crippen LogP contribution in [0, 0.1) is 0 Å². The van der Waals surface area contributed by atoms with Crippen molar-refractivity contribution in [2.24, 2.45) is 0 Å². The maximum Gasteiger partial charge on any atom is 0.0453 e. The largest absolute Gasteiger partial charge is 0.399 e. The lowest BCUT2D eigenvalue weighted by Gasteiger charge is -2.12. The van der Waals surface area contributed by atoms with Crippen LogP contribution in [0.15, 0.2) is 36.4 Å². The van der Waals surface area contributed by atoms with E-state index in [0.717, 1.165) is 35.5 Å². The van der Waals surface area contributed by atoms with Crippen molar-refractivity contribution in [3.63, 3.8) is 0 Å². The Bertz CT molecular complexity index is 576. The summed E-state index contributed by atoms with van der Waals surface area (Å²) in [6.45, 7) is 0.995. The van der Waals surface area contributed by atoms with Crippen LogP contribution in [0.25, 0.3) is 11.1 Å². The van der Waals surface area contributed by atoms with Gasteiger partial charge in [0.1, 0.15) is 0 Å². The van der Waals surface area contributed by atoms with Crippen molar-refractivity contribution in [1.29, 1.82) is 0 Å². The fourth-order valence-electron chi connectivity index (χ4n) is 2.37. The van der Waals surface area contributed by atoms with Crippen LogP contribution in [0.2, 0.25) is 0 Å². The minimum atomic E-state index is 0.741. The molecule has 17 heavy (non-hydrogen) atoms. The van der Waals surface area contributed by atoms with Crippen LogP contribution in [0.4, 0.5) is 17.1 Å². The molecular weight excluding hydrogens is 210 g/mol. The fourth-order valence-corrected chi connectivity index (χ4v) is 2.37. The molecule has 1 aliphatic heterocycles. The molecule has 0 atom stereocenters. The summed E-state index contributed by atoms with van der Waals surface area (Å²) < 4.78 is 0. The average molecular weight is 225 g/mol. The van der Waals surface area contributed by atoms with E-state index in [1.807, 2.05) is 18.2 Å². The molecule has 1 heterocycles. The molecule has 0 saturated carbocycles. The minimum Gasteiger partial charge on any atom is -0.399 e. The minimum absolute atomic E-state index is 0.741. The predicted octanol–water partition coefficient (Wildman–Crippen LogP) is 2.49. The van der Waals surface area contributed by atoms with E-state index in [1.165, 1.54) is 11.3 Å². The van der Waals surface area contributed by atoms with Crippen molar-refractivity contribution in [3.8, 4) is 11.1 Å². The molecule has 2 aromatic carbocycles. The topological polar surface area (TPSA) is 64.1 Å². The summed E-state index contributed by atoms with van der Waals surface area (Å²) in [5.41, 5.74) is 18.1. The van der Waals surface area contributed by atoms with Crippen molar-refractivity contribution >= 4 is 17.1 Å². The van der Waals surface area contributed by atoms with Crippen LogP contribution in [0.3, 0.4) is 0 Å². The van der Waals surface area contributed by atoms with Gasteiger partial charge < -0.3 is 16.8 Å². The smallest absolute Gasteiger partial charge is 0.0453 e. The van der Waals surface area contributed by atoms with Gasteiger partial charge in [-0.1, -0.05) is 18.2 Å². The molecule has 3 nitrogen and oxygen atoms in total. The molecule has 0 bridgehead atoms. The number of hydrogen-bond donors (Lipinski definition) is 3. The van der Waals surface area contributed by atoms with Gasteiger partial charge in [-0.25, -0.2) is 0 Å². The van der Waals surface area contributed by atoms with Crippen LogP contribution < -0.4 is 16.8 Å². The molecule has 2 aromatic rings. The molecule has 0 amide bonds. The summed E-state index contributed by atoms with van der Waals surface area (Å²) in [4.78, 5) is 0. The molecule has 1 aliphatic rings. The maximum absolute atomic E-state index is 6.03. The second kappa shape index (κ2) is 3.70. The van der Waals surface area contributed by atoms with E-state index < -0.39 is 0 Å². The normalized spacial score (nSPS) is 13.2. The van der Waals surface area contributed by atoms with E-state index in [4.69, 9.17) is 11.5 Å². The van der Waals surface area contributed by atoms with Crippen molar-refractivity contribution in [2.45, 2.75) is 6.42 Å². The van der Waals surface area contributed by atoms with Gasteiger partial charge in [-0.3, -0.25) is 0 Å². The average Bonchev–Trinajstić information content (AvgIpc) is 2.80. The van der Waals surface area contributed by atoms with Crippen LogP contribution in [0.1, 0.15) is 5.56 Å². The van der Waals surface area contributed by atoms with Gasteiger partial charge in [0.05, 0.1) is 0 Å². The second-order valence-electron chi connectivity index (χ2n) is 4.36. The number of rotatable bonds is 1. The summed E-state index contributed by atoms with van der Waals surface area (Å²) in [7, 11) is 0. The molecular formula is C14H15N3. The number of hydrogen-bond acceptors (Lipinski definition) is 3. The molecule has 0 unspecified atom stereocenters. The summed E-state index contributed by atoms with van der Waals surface area (Å²) in [5.74, 6) is 0. The molecule has 86 valence electrons. The zero-order chi connectivity index (χ0) is 11.8. The van der Waals surface area contributed by atoms with Gasteiger partial charge in [-0.15, -0.1) is 0 Å². The summed E-state index contributed by atoms with van der Waals surface area (Å²) in [6.07, 6.45) is 1.07. The zero-order valence-corrected chi connectivity index (χ0v) is 9.53. The molecule has 0 radical (unpaired) electrons. The Kier molecular flexibility index (Phi) is 2.18. The summed E-state index contributed by atoms with van der Waals surface area (Å²) >= 11 is 0. The Morgan fingerprint density at radius 2 is 1.88 bits per heavy atom. The highest BCUT2D eigenvalue weighted by atomic mass is 14.9. The first-order valence-electron chi connectivity index (χ1n) is 5.77. The molecule has 0 saturated heterocycles. The van der Waals surface area contributed by atoms with Gasteiger partial charge in [0.2, 0.25) is 0 Å². The van der Waals surface area contributed by atoms with Crippen LogP contribution in [-0.4, -0.2) is 6.54 Å². The van der Waals surface area contributed by atoms with Gasteiger partial charge in [0, 0.05) is 34.7 Å². The van der Waals surface area contributed by atoms with E-state index in [2.05, 4.69) is 23.5 Å². The third-order valence-electron chi connectivity index (χ3n) is 3.21. The van der Waals surface area contributed by atoms with Crippen LogP contribution >= 0.6 is 0 Å². The van der Waals surface area contributed by atoms with E-state index >= 15 is 0 Å². The molecule has 3 heteroatoms. The fraction of sp³-hybridized carbons (Fsp3) is 0.143. The Morgan fingerprint density at radius 1 is 1.00 bits per heavy atom. The third kappa shape index (κ3) is 1.60. The molecule has 5 N–H and O–H groups in total. The number of benzene rings is 2. The van der Waals surface area contributed by atoms with E-state index in [0.29, 0.717) is 0 Å². The SMILES string of the molecule is Nc1ccc(N)c(-c2cccc3c2NCC3)c1. The monoisotopic (exact) mass is 225 g/mol. The molecule has 0 fully saturated rings. The van der Waals surface area contributed by atoms with Crippen molar-refractivity contribution in [2.75, 3.05) is 23.3 Å². The highest BCUT2D eigenvalue weighted by molar-refractivity contribution is 5.89. The number of nitrogen functional groups attached to an aromatic ring is 2. The Hall–Kier alpha value is -2.16. The van der Waals surface area contributed by atoms with Crippen LogP contribution in [-0.2, 0) is 6.42 Å². The standard InChI is InChI=1S/C14H15N3/c15-10-4-5-13(16)12(8-10)11-3-1-2-9-6-7-17-14(9)11/h1-5,8,17H,6-7,15-16H2. The number of anilines is 3. The first-order chi connectivity index (χ1) is 8.25. The quantitative estimate of drug-likeness (QED) is 0.653. The van der Waals surface area contributed by atoms with Gasteiger partial charge >= 0.3 is 0 Å². The maximum atomic E-state index is 6.03. The third-order valence-corrected chi connectivity index (χ3v) is 3.21. The van der Waals surface area contributed by atoms with E-state index in [9.17, 15) is 0 Å². The first kappa shape index (κ1) is 10.0. The highest BCUT2D eigenvalue weighted by Gasteiger charge is 2.16. The number of nitrogens with one attached hydrogen (secondary N) is 1. The number of fused-ring (bicyclic) bond motifs is 1. The summed E-state index contributed by atoms with van der Waals surface area (Å²) in [5, 5.41) is 3.42. The van der Waals surface area contributed by atoms with Gasteiger partial charge in [0.25, 0.3) is 0 Å². The Morgan fingerprint density at radius 3 is 2.76 bits per heavy atom. The number of para-hydroxylation sites is 1. The van der Waals surface area contributed by atoms with E-state index in [1.54, 1.807) is 0 Å². The van der Waals surface area contributed by atoms with Crippen molar-refractivity contribution in [1.82, 2.24) is 0 Å². The zero-order valence-electron chi connectivity index (χ0n) is 9.53. The van der Waals surface area contributed by atoms with Gasteiger partial charge in [-0.2, -0.15) is 0 Å². The molecule has 3 rings (SSSR count). The van der Waals surface area contributed by atoms with Crippen LogP contribution in [0.5, 0.6) is 0 Å². The first-order valence-corrected chi connectivity index (χ1v) is 5.77. The lowest BCUT2D eigenvalue weighted by molar-refractivity contribution is 1.11. The van der Waals surface area contributed by atoms with Gasteiger partial charge in [0.15, 0.2) is 0 Å². The van der Waals surface area contributed by atoms with E-state index in [-0.39, 0.29) is 0 Å². The number of nitrogens with two attached hydrogens (primary N) is 2. The Labute approximate surface area is 100 Å². The van der Waals surface area contributed by atoms with Crippen molar-refractivity contribution < 1.29 is 0 Å². The Balaban J connectivity index is 2.22. The lowest BCUT2D eigenvalue weighted by Crippen LogP contribution is -1.97. The molecule has 0 aromatic heterocycles. The summed E-state index contributed by atoms with van der Waals surface area (Å²) in [6, 6.07) is 11.9.